The Hall–Kier alpha value is -1.42. The Morgan fingerprint density at radius 3 is 2.62 bits per heavy atom. The van der Waals surface area contributed by atoms with Crippen LogP contribution in [0.5, 0.6) is 0 Å². The third-order valence-corrected chi connectivity index (χ3v) is 3.31. The van der Waals surface area contributed by atoms with Gasteiger partial charge >= 0.3 is 5.97 Å². The van der Waals surface area contributed by atoms with Crippen LogP contribution in [-0.4, -0.2) is 25.2 Å². The number of benzene rings is 1. The molecule has 0 heterocycles. The Morgan fingerprint density at radius 2 is 1.95 bits per heavy atom. The standard InChI is InChI=1S/C17H26FNO2/c1-3-21-17(20)7-5-4-6-12-19-14(2)13-15-8-10-16(18)11-9-15/h8-11,14,19H,3-7,12-13H2,1-2H3. The summed E-state index contributed by atoms with van der Waals surface area (Å²) in [5.41, 5.74) is 1.14. The zero-order valence-corrected chi connectivity index (χ0v) is 13.0. The van der Waals surface area contributed by atoms with Gasteiger partial charge in [-0.1, -0.05) is 18.6 Å². The number of rotatable bonds is 10. The van der Waals surface area contributed by atoms with Gasteiger partial charge in [0.2, 0.25) is 0 Å². The average molecular weight is 295 g/mol. The lowest BCUT2D eigenvalue weighted by atomic mass is 10.1. The molecule has 1 rings (SSSR count). The van der Waals surface area contributed by atoms with E-state index in [4.69, 9.17) is 4.74 Å². The molecule has 1 aromatic rings. The molecular weight excluding hydrogens is 269 g/mol. The van der Waals surface area contributed by atoms with Crippen molar-refractivity contribution in [2.75, 3.05) is 13.2 Å². The van der Waals surface area contributed by atoms with Crippen molar-refractivity contribution in [2.24, 2.45) is 0 Å². The quantitative estimate of drug-likeness (QED) is 0.530. The average Bonchev–Trinajstić information content (AvgIpc) is 2.45. The SMILES string of the molecule is CCOC(=O)CCCCCNC(C)Cc1ccc(F)cc1. The summed E-state index contributed by atoms with van der Waals surface area (Å²) in [6.45, 7) is 5.35. The van der Waals surface area contributed by atoms with Gasteiger partial charge in [0, 0.05) is 12.5 Å². The van der Waals surface area contributed by atoms with Crippen molar-refractivity contribution < 1.29 is 13.9 Å². The van der Waals surface area contributed by atoms with Gasteiger partial charge in [-0.05, 0) is 57.4 Å². The first kappa shape index (κ1) is 17.6. The van der Waals surface area contributed by atoms with E-state index in [1.54, 1.807) is 0 Å². The Kier molecular flexibility index (Phi) is 8.67. The molecular formula is C17H26FNO2. The molecule has 1 N–H and O–H groups in total. The van der Waals surface area contributed by atoms with Crippen molar-refractivity contribution in [3.63, 3.8) is 0 Å². The molecule has 1 aromatic carbocycles. The number of esters is 1. The fraction of sp³-hybridized carbons (Fsp3) is 0.588. The third kappa shape index (κ3) is 8.45. The first-order valence-corrected chi connectivity index (χ1v) is 7.75. The van der Waals surface area contributed by atoms with E-state index in [1.165, 1.54) is 12.1 Å². The van der Waals surface area contributed by atoms with E-state index in [0.717, 1.165) is 37.8 Å². The van der Waals surface area contributed by atoms with E-state index in [-0.39, 0.29) is 11.8 Å². The third-order valence-electron chi connectivity index (χ3n) is 3.31. The molecule has 0 saturated heterocycles. The predicted octanol–water partition coefficient (Wildman–Crippen LogP) is 3.47. The van der Waals surface area contributed by atoms with Crippen molar-refractivity contribution >= 4 is 5.97 Å². The van der Waals surface area contributed by atoms with E-state index in [2.05, 4.69) is 12.2 Å². The van der Waals surface area contributed by atoms with E-state index >= 15 is 0 Å². The fourth-order valence-electron chi connectivity index (χ4n) is 2.20. The Labute approximate surface area is 126 Å². The number of unbranched alkanes of at least 4 members (excludes halogenated alkanes) is 2. The van der Waals surface area contributed by atoms with Crippen LogP contribution in [0.1, 0.15) is 45.1 Å². The van der Waals surface area contributed by atoms with Crippen LogP contribution in [0.25, 0.3) is 0 Å². The predicted molar refractivity (Wildman–Crippen MR) is 82.7 cm³/mol. The summed E-state index contributed by atoms with van der Waals surface area (Å²) >= 11 is 0. The van der Waals surface area contributed by atoms with Crippen molar-refractivity contribution in [3.05, 3.63) is 35.6 Å². The van der Waals surface area contributed by atoms with Crippen molar-refractivity contribution in [1.29, 1.82) is 0 Å². The van der Waals surface area contributed by atoms with Crippen LogP contribution in [0.15, 0.2) is 24.3 Å². The second-order valence-electron chi connectivity index (χ2n) is 5.30. The van der Waals surface area contributed by atoms with Gasteiger partial charge in [0.15, 0.2) is 0 Å². The minimum Gasteiger partial charge on any atom is -0.466 e. The second-order valence-corrected chi connectivity index (χ2v) is 5.30. The monoisotopic (exact) mass is 295 g/mol. The van der Waals surface area contributed by atoms with E-state index in [0.29, 0.717) is 19.1 Å². The number of carbonyl (C=O) groups is 1. The Bertz CT molecular complexity index is 406. The molecule has 4 heteroatoms. The minimum atomic E-state index is -0.194. The topological polar surface area (TPSA) is 38.3 Å². The molecule has 118 valence electrons. The van der Waals surface area contributed by atoms with Gasteiger partial charge in [0.05, 0.1) is 6.61 Å². The molecule has 0 amide bonds. The summed E-state index contributed by atoms with van der Waals surface area (Å²) in [4.78, 5) is 11.1. The molecule has 0 spiro atoms. The van der Waals surface area contributed by atoms with Crippen LogP contribution in [0.2, 0.25) is 0 Å². The van der Waals surface area contributed by atoms with E-state index < -0.39 is 0 Å². The van der Waals surface area contributed by atoms with Gasteiger partial charge in [-0.3, -0.25) is 4.79 Å². The zero-order chi connectivity index (χ0) is 15.5. The maximum Gasteiger partial charge on any atom is 0.305 e. The van der Waals surface area contributed by atoms with Crippen LogP contribution < -0.4 is 5.32 Å². The van der Waals surface area contributed by atoms with E-state index in [1.807, 2.05) is 19.1 Å². The van der Waals surface area contributed by atoms with Gasteiger partial charge in [0.1, 0.15) is 5.82 Å². The summed E-state index contributed by atoms with van der Waals surface area (Å²) in [7, 11) is 0. The highest BCUT2D eigenvalue weighted by Gasteiger charge is 2.04. The first-order valence-electron chi connectivity index (χ1n) is 7.75. The minimum absolute atomic E-state index is 0.102. The molecule has 0 fully saturated rings. The smallest absolute Gasteiger partial charge is 0.305 e. The number of carbonyl (C=O) groups excluding carboxylic acids is 1. The molecule has 0 aromatic heterocycles. The zero-order valence-electron chi connectivity index (χ0n) is 13.0. The molecule has 0 aliphatic carbocycles. The van der Waals surface area contributed by atoms with E-state index in [9.17, 15) is 9.18 Å². The highest BCUT2D eigenvalue weighted by atomic mass is 19.1. The summed E-state index contributed by atoms with van der Waals surface area (Å²) < 4.78 is 17.7. The van der Waals surface area contributed by atoms with Gasteiger partial charge in [0.25, 0.3) is 0 Å². The lowest BCUT2D eigenvalue weighted by Gasteiger charge is -2.13. The molecule has 1 unspecified atom stereocenters. The van der Waals surface area contributed by atoms with Crippen molar-refractivity contribution in [2.45, 2.75) is 52.0 Å². The molecule has 0 aliphatic heterocycles. The number of hydrogen-bond donors (Lipinski definition) is 1. The molecule has 3 nitrogen and oxygen atoms in total. The molecule has 0 aliphatic rings. The molecule has 0 bridgehead atoms. The normalized spacial score (nSPS) is 12.1. The van der Waals surface area contributed by atoms with Crippen molar-refractivity contribution in [1.82, 2.24) is 5.32 Å². The second kappa shape index (κ2) is 10.3. The highest BCUT2D eigenvalue weighted by molar-refractivity contribution is 5.69. The lowest BCUT2D eigenvalue weighted by molar-refractivity contribution is -0.143. The first-order chi connectivity index (χ1) is 10.1. The van der Waals surface area contributed by atoms with Gasteiger partial charge < -0.3 is 10.1 Å². The molecule has 21 heavy (non-hydrogen) atoms. The molecule has 1 atom stereocenters. The summed E-state index contributed by atoms with van der Waals surface area (Å²) in [5, 5.41) is 3.45. The summed E-state index contributed by atoms with van der Waals surface area (Å²) in [5.74, 6) is -0.295. The maximum atomic E-state index is 12.8. The van der Waals surface area contributed by atoms with Crippen LogP contribution in [0, 0.1) is 5.82 Å². The van der Waals surface area contributed by atoms with Crippen LogP contribution in [0.3, 0.4) is 0 Å². The number of halogens is 1. The van der Waals surface area contributed by atoms with Crippen LogP contribution in [0.4, 0.5) is 4.39 Å². The van der Waals surface area contributed by atoms with Crippen molar-refractivity contribution in [3.8, 4) is 0 Å². The highest BCUT2D eigenvalue weighted by Crippen LogP contribution is 2.06. The number of ether oxygens (including phenoxy) is 1. The molecule has 0 saturated carbocycles. The fourth-order valence-corrected chi connectivity index (χ4v) is 2.20. The van der Waals surface area contributed by atoms with Gasteiger partial charge in [-0.15, -0.1) is 0 Å². The lowest BCUT2D eigenvalue weighted by Crippen LogP contribution is -2.29. The summed E-state index contributed by atoms with van der Waals surface area (Å²) in [6.07, 6.45) is 4.36. The number of nitrogens with one attached hydrogen (secondary N) is 1. The maximum absolute atomic E-state index is 12.8. The molecule has 0 radical (unpaired) electrons. The van der Waals surface area contributed by atoms with Gasteiger partial charge in [-0.25, -0.2) is 4.39 Å². The Morgan fingerprint density at radius 1 is 1.24 bits per heavy atom. The number of hydrogen-bond acceptors (Lipinski definition) is 3. The Balaban J connectivity index is 2.04. The largest absolute Gasteiger partial charge is 0.466 e. The van der Waals surface area contributed by atoms with Crippen LogP contribution in [-0.2, 0) is 16.0 Å². The van der Waals surface area contributed by atoms with Crippen LogP contribution >= 0.6 is 0 Å². The van der Waals surface area contributed by atoms with Gasteiger partial charge in [-0.2, -0.15) is 0 Å². The summed E-state index contributed by atoms with van der Waals surface area (Å²) in [6, 6.07) is 7.01.